The fourth-order valence-corrected chi connectivity index (χ4v) is 3.67. The SMILES string of the molecule is O=C(Nc1ccc(Oc2ccc(Cl)cc2)cc1)n1cc(-c2ccccc2)c(-c2ccccc2)n1. The number of rotatable bonds is 5. The topological polar surface area (TPSA) is 56.1 Å². The van der Waals surface area contributed by atoms with Gasteiger partial charge in [0.25, 0.3) is 0 Å². The quantitative estimate of drug-likeness (QED) is 0.288. The third-order valence-corrected chi connectivity index (χ3v) is 5.46. The molecule has 0 saturated heterocycles. The van der Waals surface area contributed by atoms with Crippen LogP contribution in [0, 0.1) is 0 Å². The first-order chi connectivity index (χ1) is 16.7. The molecule has 0 spiro atoms. The molecular formula is C28H20ClN3O2. The fraction of sp³-hybridized carbons (Fsp3) is 0. The minimum Gasteiger partial charge on any atom is -0.457 e. The van der Waals surface area contributed by atoms with Gasteiger partial charge in [-0.05, 0) is 54.1 Å². The van der Waals surface area contributed by atoms with Crippen molar-refractivity contribution in [3.05, 3.63) is 120 Å². The lowest BCUT2D eigenvalue weighted by atomic mass is 10.0. The Bertz CT molecular complexity index is 1340. The van der Waals surface area contributed by atoms with Crippen LogP contribution < -0.4 is 10.1 Å². The van der Waals surface area contributed by atoms with Crippen molar-refractivity contribution in [2.24, 2.45) is 0 Å². The average molecular weight is 466 g/mol. The van der Waals surface area contributed by atoms with Gasteiger partial charge in [0.1, 0.15) is 17.2 Å². The number of carbonyl (C=O) groups is 1. The van der Waals surface area contributed by atoms with Gasteiger partial charge in [-0.3, -0.25) is 0 Å². The molecule has 0 bridgehead atoms. The maximum Gasteiger partial charge on any atom is 0.346 e. The van der Waals surface area contributed by atoms with E-state index in [9.17, 15) is 4.79 Å². The maximum absolute atomic E-state index is 13.0. The molecule has 1 N–H and O–H groups in total. The molecule has 0 atom stereocenters. The third-order valence-electron chi connectivity index (χ3n) is 5.21. The standard InChI is InChI=1S/C28H20ClN3O2/c29-22-11-15-24(16-12-22)34-25-17-13-23(14-18-25)30-28(33)32-19-26(20-7-3-1-4-8-20)27(31-32)21-9-5-2-6-10-21/h1-19H,(H,30,33). The summed E-state index contributed by atoms with van der Waals surface area (Å²) in [6.07, 6.45) is 1.75. The molecule has 6 heteroatoms. The molecule has 5 aromatic rings. The summed E-state index contributed by atoms with van der Waals surface area (Å²) in [6.45, 7) is 0. The van der Waals surface area contributed by atoms with Gasteiger partial charge in [0.05, 0.1) is 0 Å². The van der Waals surface area contributed by atoms with Crippen molar-refractivity contribution < 1.29 is 9.53 Å². The Balaban J connectivity index is 1.36. The van der Waals surface area contributed by atoms with E-state index in [4.69, 9.17) is 16.3 Å². The molecule has 0 aliphatic heterocycles. The summed E-state index contributed by atoms with van der Waals surface area (Å²) in [6, 6.07) is 33.6. The lowest BCUT2D eigenvalue weighted by molar-refractivity contribution is 0.251. The Hall–Kier alpha value is -4.35. The zero-order chi connectivity index (χ0) is 23.3. The zero-order valence-electron chi connectivity index (χ0n) is 18.1. The van der Waals surface area contributed by atoms with Gasteiger partial charge >= 0.3 is 6.03 Å². The van der Waals surface area contributed by atoms with E-state index in [1.807, 2.05) is 60.7 Å². The second kappa shape index (κ2) is 9.65. The third kappa shape index (κ3) is 4.85. The van der Waals surface area contributed by atoms with Crippen molar-refractivity contribution in [3.63, 3.8) is 0 Å². The van der Waals surface area contributed by atoms with E-state index in [2.05, 4.69) is 10.4 Å². The highest BCUT2D eigenvalue weighted by Gasteiger charge is 2.16. The summed E-state index contributed by atoms with van der Waals surface area (Å²) in [5, 5.41) is 8.14. The van der Waals surface area contributed by atoms with Crippen LogP contribution in [-0.2, 0) is 0 Å². The number of carbonyl (C=O) groups excluding carboxylic acids is 1. The lowest BCUT2D eigenvalue weighted by Gasteiger charge is -2.08. The van der Waals surface area contributed by atoms with Gasteiger partial charge in [0, 0.05) is 28.0 Å². The number of hydrogen-bond donors (Lipinski definition) is 1. The molecule has 0 aliphatic rings. The van der Waals surface area contributed by atoms with E-state index in [0.29, 0.717) is 22.2 Å². The van der Waals surface area contributed by atoms with Crippen molar-refractivity contribution in [2.45, 2.75) is 0 Å². The summed E-state index contributed by atoms with van der Waals surface area (Å²) >= 11 is 5.91. The van der Waals surface area contributed by atoms with Crippen LogP contribution in [0.3, 0.4) is 0 Å². The number of nitrogens with zero attached hydrogens (tertiary/aromatic N) is 2. The molecule has 166 valence electrons. The van der Waals surface area contributed by atoms with E-state index in [1.54, 1.807) is 54.7 Å². The first-order valence-corrected chi connectivity index (χ1v) is 11.1. The zero-order valence-corrected chi connectivity index (χ0v) is 18.8. The summed E-state index contributed by atoms with van der Waals surface area (Å²) in [5.41, 5.74) is 4.19. The van der Waals surface area contributed by atoms with Crippen molar-refractivity contribution in [1.29, 1.82) is 0 Å². The molecule has 0 saturated carbocycles. The number of aromatic nitrogens is 2. The minimum absolute atomic E-state index is 0.356. The highest BCUT2D eigenvalue weighted by molar-refractivity contribution is 6.30. The minimum atomic E-state index is -0.356. The van der Waals surface area contributed by atoms with Crippen LogP contribution in [0.5, 0.6) is 11.5 Å². The van der Waals surface area contributed by atoms with Gasteiger partial charge in [-0.1, -0.05) is 72.3 Å². The molecule has 34 heavy (non-hydrogen) atoms. The summed E-state index contributed by atoms with van der Waals surface area (Å²) in [5.74, 6) is 1.33. The normalized spacial score (nSPS) is 10.6. The molecule has 4 aromatic carbocycles. The Morgan fingerprint density at radius 2 is 1.29 bits per heavy atom. The molecule has 5 rings (SSSR count). The van der Waals surface area contributed by atoms with Gasteiger partial charge in [-0.25, -0.2) is 4.79 Å². The number of anilines is 1. The molecule has 0 aliphatic carbocycles. The summed E-state index contributed by atoms with van der Waals surface area (Å²) in [7, 11) is 0. The van der Waals surface area contributed by atoms with E-state index in [-0.39, 0.29) is 6.03 Å². The monoisotopic (exact) mass is 465 g/mol. The number of amides is 1. The smallest absolute Gasteiger partial charge is 0.346 e. The van der Waals surface area contributed by atoms with E-state index in [1.165, 1.54) is 4.68 Å². The van der Waals surface area contributed by atoms with Gasteiger partial charge in [0.2, 0.25) is 0 Å². The lowest BCUT2D eigenvalue weighted by Crippen LogP contribution is -2.19. The predicted molar refractivity (Wildman–Crippen MR) is 135 cm³/mol. The van der Waals surface area contributed by atoms with E-state index in [0.717, 1.165) is 22.4 Å². The molecule has 0 unspecified atom stereocenters. The molecule has 1 amide bonds. The van der Waals surface area contributed by atoms with Gasteiger partial charge in [-0.2, -0.15) is 9.78 Å². The van der Waals surface area contributed by atoms with Crippen LogP contribution in [0.2, 0.25) is 5.02 Å². The van der Waals surface area contributed by atoms with Gasteiger partial charge < -0.3 is 10.1 Å². The first kappa shape index (κ1) is 21.5. The molecule has 1 heterocycles. The number of nitrogens with one attached hydrogen (secondary N) is 1. The Morgan fingerprint density at radius 3 is 1.91 bits per heavy atom. The largest absolute Gasteiger partial charge is 0.457 e. The average Bonchev–Trinajstić information content (AvgIpc) is 3.34. The van der Waals surface area contributed by atoms with Gasteiger partial charge in [-0.15, -0.1) is 0 Å². The molecule has 0 radical (unpaired) electrons. The highest BCUT2D eigenvalue weighted by atomic mass is 35.5. The molecule has 0 fully saturated rings. The first-order valence-electron chi connectivity index (χ1n) is 10.7. The van der Waals surface area contributed by atoms with E-state index < -0.39 is 0 Å². The number of hydrogen-bond acceptors (Lipinski definition) is 3. The van der Waals surface area contributed by atoms with E-state index >= 15 is 0 Å². The predicted octanol–water partition coefficient (Wildman–Crippen LogP) is 7.74. The second-order valence-electron chi connectivity index (χ2n) is 7.58. The fourth-order valence-electron chi connectivity index (χ4n) is 3.54. The van der Waals surface area contributed by atoms with Crippen molar-refractivity contribution in [2.75, 3.05) is 5.32 Å². The van der Waals surface area contributed by atoms with Crippen LogP contribution in [0.25, 0.3) is 22.4 Å². The second-order valence-corrected chi connectivity index (χ2v) is 8.01. The van der Waals surface area contributed by atoms with Crippen molar-refractivity contribution in [1.82, 2.24) is 9.78 Å². The Labute approximate surface area is 202 Å². The van der Waals surface area contributed by atoms with Crippen LogP contribution in [0.4, 0.5) is 10.5 Å². The van der Waals surface area contributed by atoms with Crippen LogP contribution in [0.15, 0.2) is 115 Å². The van der Waals surface area contributed by atoms with Crippen molar-refractivity contribution in [3.8, 4) is 33.9 Å². The highest BCUT2D eigenvalue weighted by Crippen LogP contribution is 2.31. The van der Waals surface area contributed by atoms with Crippen LogP contribution in [-0.4, -0.2) is 15.8 Å². The Kier molecular flexibility index (Phi) is 6.10. The maximum atomic E-state index is 13.0. The molecule has 5 nitrogen and oxygen atoms in total. The van der Waals surface area contributed by atoms with Crippen LogP contribution in [0.1, 0.15) is 0 Å². The van der Waals surface area contributed by atoms with Crippen LogP contribution >= 0.6 is 11.6 Å². The van der Waals surface area contributed by atoms with Gasteiger partial charge in [0.15, 0.2) is 0 Å². The number of halogens is 1. The van der Waals surface area contributed by atoms with Crippen molar-refractivity contribution >= 4 is 23.3 Å². The Morgan fingerprint density at radius 1 is 0.735 bits per heavy atom. The number of benzene rings is 4. The summed E-state index contributed by atoms with van der Waals surface area (Å²) < 4.78 is 7.14. The molecular weight excluding hydrogens is 446 g/mol. The number of ether oxygens (including phenoxy) is 1. The summed E-state index contributed by atoms with van der Waals surface area (Å²) in [4.78, 5) is 13.0. The molecule has 1 aromatic heterocycles.